The zero-order valence-corrected chi connectivity index (χ0v) is 9.92. The third kappa shape index (κ3) is 1.14. The Kier molecular flexibility index (Phi) is 2.03. The monoisotopic (exact) mass is 218 g/mol. The van der Waals surface area contributed by atoms with Crippen molar-refractivity contribution in [1.29, 1.82) is 0 Å². The first-order valence-electron chi connectivity index (χ1n) is 5.92. The van der Waals surface area contributed by atoms with Gasteiger partial charge in [0.25, 0.3) is 0 Å². The average molecular weight is 218 g/mol. The van der Waals surface area contributed by atoms with Crippen LogP contribution < -0.4 is 15.0 Å². The first-order chi connectivity index (χ1) is 7.77. The molecule has 1 aliphatic heterocycles. The van der Waals surface area contributed by atoms with Crippen molar-refractivity contribution in [3.05, 3.63) is 18.2 Å². The van der Waals surface area contributed by atoms with Crippen molar-refractivity contribution in [2.24, 2.45) is 0 Å². The van der Waals surface area contributed by atoms with Gasteiger partial charge in [-0.1, -0.05) is 6.07 Å². The Labute approximate surface area is 96.4 Å². The number of rotatable bonds is 1. The largest absolute Gasteiger partial charge is 0.495 e. The van der Waals surface area contributed by atoms with Gasteiger partial charge in [-0.15, -0.1) is 0 Å². The van der Waals surface area contributed by atoms with Gasteiger partial charge in [0.1, 0.15) is 11.4 Å². The molecule has 86 valence electrons. The quantitative estimate of drug-likeness (QED) is 0.783. The molecule has 1 fully saturated rings. The van der Waals surface area contributed by atoms with E-state index >= 15 is 0 Å². The number of hydrogen-bond acceptors (Lipinski definition) is 3. The molecule has 1 saturated carbocycles. The van der Waals surface area contributed by atoms with Gasteiger partial charge >= 0.3 is 0 Å². The Morgan fingerprint density at radius 3 is 2.81 bits per heavy atom. The second-order valence-corrected chi connectivity index (χ2v) is 4.85. The van der Waals surface area contributed by atoms with Crippen molar-refractivity contribution in [2.45, 2.75) is 24.8 Å². The summed E-state index contributed by atoms with van der Waals surface area (Å²) in [5.74, 6) is 0.971. The van der Waals surface area contributed by atoms with E-state index in [2.05, 4.69) is 23.3 Å². The van der Waals surface area contributed by atoms with Gasteiger partial charge in [-0.05, 0) is 31.4 Å². The smallest absolute Gasteiger partial charge is 0.144 e. The van der Waals surface area contributed by atoms with Crippen LogP contribution in [0.25, 0.3) is 0 Å². The van der Waals surface area contributed by atoms with Crippen LogP contribution in [0, 0.1) is 0 Å². The lowest BCUT2D eigenvalue weighted by Gasteiger charge is -2.53. The maximum Gasteiger partial charge on any atom is 0.144 e. The van der Waals surface area contributed by atoms with Gasteiger partial charge in [-0.3, -0.25) is 0 Å². The van der Waals surface area contributed by atoms with Crippen molar-refractivity contribution >= 4 is 11.4 Å². The molecule has 0 amide bonds. The molecule has 1 aliphatic carbocycles. The molecule has 0 saturated heterocycles. The summed E-state index contributed by atoms with van der Waals surface area (Å²) >= 11 is 0. The Morgan fingerprint density at radius 1 is 1.38 bits per heavy atom. The summed E-state index contributed by atoms with van der Waals surface area (Å²) in [5.41, 5.74) is 2.75. The number of fused-ring (bicyclic) bond motifs is 1. The molecule has 1 aromatic rings. The van der Waals surface area contributed by atoms with Gasteiger partial charge in [0.05, 0.1) is 18.3 Å². The highest BCUT2D eigenvalue weighted by Gasteiger charge is 2.44. The van der Waals surface area contributed by atoms with Crippen LogP contribution in [0.15, 0.2) is 18.2 Å². The van der Waals surface area contributed by atoms with Gasteiger partial charge in [-0.25, -0.2) is 0 Å². The van der Waals surface area contributed by atoms with E-state index in [0.717, 1.165) is 12.3 Å². The second kappa shape index (κ2) is 3.30. The molecule has 1 N–H and O–H groups in total. The third-order valence-corrected chi connectivity index (χ3v) is 4.16. The van der Waals surface area contributed by atoms with E-state index in [0.29, 0.717) is 5.54 Å². The van der Waals surface area contributed by atoms with E-state index in [1.807, 2.05) is 12.1 Å². The molecule has 3 nitrogen and oxygen atoms in total. The molecule has 1 spiro atoms. The van der Waals surface area contributed by atoms with Crippen molar-refractivity contribution in [1.82, 2.24) is 0 Å². The SMILES string of the molecule is COc1cccc2c1N(C)C1(CCC1)CN2. The topological polar surface area (TPSA) is 24.5 Å². The Bertz CT molecular complexity index is 398. The van der Waals surface area contributed by atoms with Crippen molar-refractivity contribution < 1.29 is 4.74 Å². The highest BCUT2D eigenvalue weighted by Crippen LogP contribution is 2.48. The minimum atomic E-state index is 0.335. The number of benzene rings is 1. The summed E-state index contributed by atoms with van der Waals surface area (Å²) in [6, 6.07) is 6.20. The number of hydrogen-bond donors (Lipinski definition) is 1. The molecule has 0 bridgehead atoms. The molecular formula is C13H18N2O. The Hall–Kier alpha value is -1.38. The maximum atomic E-state index is 5.46. The second-order valence-electron chi connectivity index (χ2n) is 4.85. The van der Waals surface area contributed by atoms with Crippen LogP contribution in [0.3, 0.4) is 0 Å². The highest BCUT2D eigenvalue weighted by molar-refractivity contribution is 5.79. The fourth-order valence-corrected chi connectivity index (χ4v) is 2.89. The van der Waals surface area contributed by atoms with E-state index in [-0.39, 0.29) is 0 Å². The molecule has 3 heteroatoms. The van der Waals surface area contributed by atoms with Crippen molar-refractivity contribution in [3.8, 4) is 5.75 Å². The number of methoxy groups -OCH3 is 1. The minimum absolute atomic E-state index is 0.335. The molecule has 3 rings (SSSR count). The van der Waals surface area contributed by atoms with Crippen LogP contribution in [0.1, 0.15) is 19.3 Å². The normalized spacial score (nSPS) is 21.0. The molecule has 1 heterocycles. The first-order valence-corrected chi connectivity index (χ1v) is 5.92. The molecule has 0 unspecified atom stereocenters. The number of anilines is 2. The highest BCUT2D eigenvalue weighted by atomic mass is 16.5. The summed E-state index contributed by atoms with van der Waals surface area (Å²) in [7, 11) is 3.94. The van der Waals surface area contributed by atoms with Gasteiger partial charge in [-0.2, -0.15) is 0 Å². The van der Waals surface area contributed by atoms with Crippen LogP contribution in [0.4, 0.5) is 11.4 Å². The molecule has 2 aliphatic rings. The van der Waals surface area contributed by atoms with E-state index in [9.17, 15) is 0 Å². The number of para-hydroxylation sites is 1. The molecular weight excluding hydrogens is 200 g/mol. The average Bonchev–Trinajstić information content (AvgIpc) is 2.27. The van der Waals surface area contributed by atoms with Gasteiger partial charge in [0, 0.05) is 13.6 Å². The van der Waals surface area contributed by atoms with Crippen LogP contribution in [-0.4, -0.2) is 26.2 Å². The lowest BCUT2D eigenvalue weighted by Crippen LogP contribution is -2.59. The number of nitrogens with one attached hydrogen (secondary N) is 1. The summed E-state index contributed by atoms with van der Waals surface area (Å²) in [4.78, 5) is 2.42. The summed E-state index contributed by atoms with van der Waals surface area (Å²) < 4.78 is 5.46. The Morgan fingerprint density at radius 2 is 2.19 bits per heavy atom. The predicted molar refractivity (Wildman–Crippen MR) is 66.5 cm³/mol. The van der Waals surface area contributed by atoms with Crippen molar-refractivity contribution in [3.63, 3.8) is 0 Å². The molecule has 0 aromatic heterocycles. The standard InChI is InChI=1S/C13H18N2O/c1-15-12-10(5-3-6-11(12)16-2)14-9-13(15)7-4-8-13/h3,5-6,14H,4,7-9H2,1-2H3. The summed E-state index contributed by atoms with van der Waals surface area (Å²) in [5, 5.41) is 3.54. The van der Waals surface area contributed by atoms with Gasteiger partial charge < -0.3 is 15.0 Å². The van der Waals surface area contributed by atoms with Crippen LogP contribution in [0.2, 0.25) is 0 Å². The molecule has 0 atom stereocenters. The zero-order chi connectivity index (χ0) is 11.2. The fraction of sp³-hybridized carbons (Fsp3) is 0.538. The van der Waals surface area contributed by atoms with E-state index in [1.54, 1.807) is 7.11 Å². The third-order valence-electron chi connectivity index (χ3n) is 4.16. The maximum absolute atomic E-state index is 5.46. The zero-order valence-electron chi connectivity index (χ0n) is 9.92. The lowest BCUT2D eigenvalue weighted by atomic mass is 9.74. The minimum Gasteiger partial charge on any atom is -0.495 e. The number of ether oxygens (including phenoxy) is 1. The summed E-state index contributed by atoms with van der Waals surface area (Å²) in [6.07, 6.45) is 3.92. The van der Waals surface area contributed by atoms with Gasteiger partial charge in [0.15, 0.2) is 0 Å². The first kappa shape index (κ1) is 9.82. The van der Waals surface area contributed by atoms with E-state index in [4.69, 9.17) is 4.74 Å². The number of nitrogens with zero attached hydrogens (tertiary/aromatic N) is 1. The van der Waals surface area contributed by atoms with Crippen molar-refractivity contribution in [2.75, 3.05) is 30.9 Å². The summed E-state index contributed by atoms with van der Waals surface area (Å²) in [6.45, 7) is 1.06. The van der Waals surface area contributed by atoms with E-state index in [1.165, 1.54) is 30.6 Å². The number of likely N-dealkylation sites (N-methyl/N-ethyl adjacent to an activating group) is 1. The van der Waals surface area contributed by atoms with E-state index < -0.39 is 0 Å². The lowest BCUT2D eigenvalue weighted by molar-refractivity contribution is 0.246. The van der Waals surface area contributed by atoms with Crippen LogP contribution >= 0.6 is 0 Å². The molecule has 1 aromatic carbocycles. The Balaban J connectivity index is 2.07. The van der Waals surface area contributed by atoms with Gasteiger partial charge in [0.2, 0.25) is 0 Å². The van der Waals surface area contributed by atoms with Crippen LogP contribution in [-0.2, 0) is 0 Å². The molecule has 0 radical (unpaired) electrons. The molecule has 16 heavy (non-hydrogen) atoms. The van der Waals surface area contributed by atoms with Crippen LogP contribution in [0.5, 0.6) is 5.75 Å². The predicted octanol–water partition coefficient (Wildman–Crippen LogP) is 2.48. The fourth-order valence-electron chi connectivity index (χ4n) is 2.89.